The monoisotopic (exact) mass is 270 g/mol. The number of aliphatic hydroxyl groups is 1. The van der Waals surface area contributed by atoms with E-state index in [0.717, 1.165) is 16.6 Å². The lowest BCUT2D eigenvalue weighted by Crippen LogP contribution is -2.00. The van der Waals surface area contributed by atoms with Crippen LogP contribution in [0.5, 0.6) is 0 Å². The highest BCUT2D eigenvalue weighted by molar-refractivity contribution is 8.18. The molecular weight excluding hydrogens is 258 g/mol. The first-order valence-electron chi connectivity index (χ1n) is 5.06. The van der Waals surface area contributed by atoms with Gasteiger partial charge >= 0.3 is 0 Å². The number of nitro groups is 1. The SMILES string of the molecule is O=[N+]([O-])c1ccc(/C(O)=C\[S+]2CCSC2)cc1. The Morgan fingerprint density at radius 1 is 1.47 bits per heavy atom. The van der Waals surface area contributed by atoms with Crippen molar-refractivity contribution in [1.29, 1.82) is 0 Å². The lowest BCUT2D eigenvalue weighted by molar-refractivity contribution is -0.384. The second-order valence-corrected chi connectivity index (χ2v) is 7.05. The highest BCUT2D eigenvalue weighted by Crippen LogP contribution is 2.24. The maximum atomic E-state index is 10.5. The van der Waals surface area contributed by atoms with Gasteiger partial charge in [0.25, 0.3) is 5.69 Å². The van der Waals surface area contributed by atoms with Gasteiger partial charge in [-0.05, 0) is 12.1 Å². The average molecular weight is 270 g/mol. The summed E-state index contributed by atoms with van der Waals surface area (Å²) in [6.07, 6.45) is 0. The molecule has 1 unspecified atom stereocenters. The quantitative estimate of drug-likeness (QED) is 0.397. The highest BCUT2D eigenvalue weighted by atomic mass is 32.2. The molecule has 17 heavy (non-hydrogen) atoms. The van der Waals surface area contributed by atoms with Crippen molar-refractivity contribution < 1.29 is 10.0 Å². The number of aliphatic hydroxyl groups excluding tert-OH is 1. The fraction of sp³-hybridized carbons (Fsp3) is 0.273. The van der Waals surface area contributed by atoms with Crippen LogP contribution in [0.25, 0.3) is 5.76 Å². The molecule has 0 aliphatic carbocycles. The largest absolute Gasteiger partial charge is 0.503 e. The van der Waals surface area contributed by atoms with Crippen LogP contribution in [0.4, 0.5) is 5.69 Å². The lowest BCUT2D eigenvalue weighted by Gasteiger charge is -1.99. The molecule has 1 aromatic carbocycles. The summed E-state index contributed by atoms with van der Waals surface area (Å²) in [5.41, 5.74) is 0.681. The first-order valence-corrected chi connectivity index (χ1v) is 7.84. The van der Waals surface area contributed by atoms with E-state index in [4.69, 9.17) is 0 Å². The number of thioether (sulfide) groups is 1. The second kappa shape index (κ2) is 5.46. The van der Waals surface area contributed by atoms with E-state index >= 15 is 0 Å². The molecule has 4 nitrogen and oxygen atoms in total. The fourth-order valence-electron chi connectivity index (χ4n) is 1.46. The van der Waals surface area contributed by atoms with E-state index in [9.17, 15) is 15.2 Å². The molecule has 0 amide bonds. The van der Waals surface area contributed by atoms with Crippen LogP contribution in [0.1, 0.15) is 5.56 Å². The Kier molecular flexibility index (Phi) is 3.96. The third-order valence-corrected chi connectivity index (χ3v) is 6.29. The van der Waals surface area contributed by atoms with E-state index in [1.165, 1.54) is 12.1 Å². The van der Waals surface area contributed by atoms with E-state index in [1.807, 2.05) is 17.2 Å². The highest BCUT2D eigenvalue weighted by Gasteiger charge is 2.23. The summed E-state index contributed by atoms with van der Waals surface area (Å²) < 4.78 is 0. The average Bonchev–Trinajstić information content (AvgIpc) is 2.82. The van der Waals surface area contributed by atoms with Crippen LogP contribution in [0.15, 0.2) is 29.7 Å². The molecular formula is C11H12NO3S2+. The van der Waals surface area contributed by atoms with Gasteiger partial charge in [0.1, 0.15) is 5.75 Å². The lowest BCUT2D eigenvalue weighted by atomic mass is 10.2. The van der Waals surface area contributed by atoms with Gasteiger partial charge in [-0.2, -0.15) is 0 Å². The molecule has 2 rings (SSSR count). The molecule has 0 aromatic heterocycles. The van der Waals surface area contributed by atoms with Gasteiger partial charge in [-0.1, -0.05) is 0 Å². The van der Waals surface area contributed by atoms with Crippen molar-refractivity contribution in [3.8, 4) is 0 Å². The van der Waals surface area contributed by atoms with Crippen LogP contribution in [0, 0.1) is 10.1 Å². The van der Waals surface area contributed by atoms with E-state index in [-0.39, 0.29) is 22.3 Å². The van der Waals surface area contributed by atoms with Crippen molar-refractivity contribution in [2.24, 2.45) is 0 Å². The van der Waals surface area contributed by atoms with Crippen LogP contribution in [-0.2, 0) is 10.9 Å². The van der Waals surface area contributed by atoms with Crippen LogP contribution < -0.4 is 0 Å². The molecule has 1 fully saturated rings. The molecule has 1 aliphatic heterocycles. The molecule has 1 saturated heterocycles. The summed E-state index contributed by atoms with van der Waals surface area (Å²) in [6.45, 7) is 0. The number of nitro benzene ring substituents is 1. The molecule has 1 N–H and O–H groups in total. The van der Waals surface area contributed by atoms with E-state index in [2.05, 4.69) is 0 Å². The Morgan fingerprint density at radius 3 is 2.71 bits per heavy atom. The van der Waals surface area contributed by atoms with Gasteiger partial charge in [0, 0.05) is 34.3 Å². The number of hydrogen-bond donors (Lipinski definition) is 1. The molecule has 6 heteroatoms. The minimum Gasteiger partial charge on any atom is -0.503 e. The van der Waals surface area contributed by atoms with Gasteiger partial charge in [-0.25, -0.2) is 0 Å². The first-order chi connectivity index (χ1) is 8.16. The third kappa shape index (κ3) is 3.17. The van der Waals surface area contributed by atoms with Crippen LogP contribution >= 0.6 is 11.8 Å². The van der Waals surface area contributed by atoms with Gasteiger partial charge in [-0.3, -0.25) is 10.1 Å². The van der Waals surface area contributed by atoms with Crippen LogP contribution in [0.2, 0.25) is 0 Å². The standard InChI is InChI=1S/C11H11NO3S2/c13-11(7-17-6-5-16-8-17)9-1-3-10(4-2-9)12(14)15/h1-4,7H,5-6,8H2/p+1/b11-7+. The van der Waals surface area contributed by atoms with E-state index in [0.29, 0.717) is 5.56 Å². The summed E-state index contributed by atoms with van der Waals surface area (Å²) >= 11 is 1.89. The van der Waals surface area contributed by atoms with Gasteiger partial charge in [-0.15, -0.1) is 11.8 Å². The predicted octanol–water partition coefficient (Wildman–Crippen LogP) is 2.77. The summed E-state index contributed by atoms with van der Waals surface area (Å²) in [6, 6.07) is 5.98. The Hall–Kier alpha value is -1.14. The predicted molar refractivity (Wildman–Crippen MR) is 73.3 cm³/mol. The Labute approximate surface area is 106 Å². The molecule has 0 bridgehead atoms. The minimum atomic E-state index is -0.445. The second-order valence-electron chi connectivity index (χ2n) is 3.57. The summed E-state index contributed by atoms with van der Waals surface area (Å²) in [5, 5.41) is 23.3. The third-order valence-electron chi connectivity index (χ3n) is 2.38. The van der Waals surface area contributed by atoms with Gasteiger partial charge < -0.3 is 5.11 Å². The van der Waals surface area contributed by atoms with Gasteiger partial charge in [0.2, 0.25) is 0 Å². The molecule has 0 spiro atoms. The van der Waals surface area contributed by atoms with Crippen molar-refractivity contribution in [1.82, 2.24) is 0 Å². The Bertz CT molecular complexity index is 439. The molecule has 90 valence electrons. The zero-order chi connectivity index (χ0) is 12.3. The van der Waals surface area contributed by atoms with Crippen LogP contribution in [-0.4, -0.2) is 26.6 Å². The van der Waals surface area contributed by atoms with Crippen molar-refractivity contribution in [2.45, 2.75) is 0 Å². The zero-order valence-corrected chi connectivity index (χ0v) is 10.7. The minimum absolute atomic E-state index is 0.0421. The van der Waals surface area contributed by atoms with E-state index < -0.39 is 4.92 Å². The molecule has 1 aliphatic rings. The van der Waals surface area contributed by atoms with Crippen molar-refractivity contribution in [2.75, 3.05) is 16.6 Å². The number of rotatable bonds is 3. The Morgan fingerprint density at radius 2 is 2.18 bits per heavy atom. The van der Waals surface area contributed by atoms with Crippen molar-refractivity contribution in [3.05, 3.63) is 45.4 Å². The summed E-state index contributed by atoms with van der Waals surface area (Å²) in [7, 11) is 0.145. The first kappa shape index (κ1) is 12.3. The number of nitrogens with zero attached hydrogens (tertiary/aromatic N) is 1. The van der Waals surface area contributed by atoms with Crippen molar-refractivity contribution in [3.63, 3.8) is 0 Å². The molecule has 1 aromatic rings. The smallest absolute Gasteiger partial charge is 0.269 e. The number of non-ortho nitro benzene ring substituents is 1. The molecule has 1 heterocycles. The molecule has 0 saturated carbocycles. The topological polar surface area (TPSA) is 63.4 Å². The fourth-order valence-corrected chi connectivity index (χ4v) is 5.43. The summed E-state index contributed by atoms with van der Waals surface area (Å²) in [4.78, 5) is 10.0. The van der Waals surface area contributed by atoms with Gasteiger partial charge in [0.05, 0.1) is 4.92 Å². The zero-order valence-electron chi connectivity index (χ0n) is 9.04. The van der Waals surface area contributed by atoms with Gasteiger partial charge in [0.15, 0.2) is 16.3 Å². The maximum absolute atomic E-state index is 10.5. The van der Waals surface area contributed by atoms with Crippen LogP contribution in [0.3, 0.4) is 0 Å². The summed E-state index contributed by atoms with van der Waals surface area (Å²) in [5.74, 6) is 2.49. The van der Waals surface area contributed by atoms with Crippen molar-refractivity contribution >= 4 is 34.1 Å². The Balaban J connectivity index is 2.13. The molecule has 1 atom stereocenters. The number of benzene rings is 1. The van der Waals surface area contributed by atoms with E-state index in [1.54, 1.807) is 12.1 Å². The molecule has 0 radical (unpaired) electrons. The normalized spacial score (nSPS) is 20.5. The maximum Gasteiger partial charge on any atom is 0.269 e. The number of hydrogen-bond acceptors (Lipinski definition) is 4.